The Morgan fingerprint density at radius 2 is 1.67 bits per heavy atom. The van der Waals surface area contributed by atoms with Crippen molar-refractivity contribution in [3.8, 4) is 11.1 Å². The van der Waals surface area contributed by atoms with Crippen LogP contribution in [0.5, 0.6) is 0 Å². The van der Waals surface area contributed by atoms with Crippen molar-refractivity contribution in [2.45, 2.75) is 51.5 Å². The smallest absolute Gasteiger partial charge is 0.407 e. The predicted octanol–water partition coefficient (Wildman–Crippen LogP) is 4.41. The largest absolute Gasteiger partial charge is 0.480 e. The van der Waals surface area contributed by atoms with Gasteiger partial charge < -0.3 is 20.1 Å². The van der Waals surface area contributed by atoms with Crippen LogP contribution in [-0.2, 0) is 14.3 Å². The second-order valence-corrected chi connectivity index (χ2v) is 8.47. The van der Waals surface area contributed by atoms with Gasteiger partial charge in [0.2, 0.25) is 5.91 Å². The number of carbonyl (C=O) groups is 3. The molecule has 0 heterocycles. The Balaban J connectivity index is 1.45. The molecule has 0 saturated heterocycles. The minimum Gasteiger partial charge on any atom is -0.480 e. The van der Waals surface area contributed by atoms with Crippen molar-refractivity contribution in [3.63, 3.8) is 0 Å². The average Bonchev–Trinajstić information content (AvgIpc) is 3.11. The van der Waals surface area contributed by atoms with E-state index in [4.69, 9.17) is 9.84 Å². The maximum absolute atomic E-state index is 12.4. The molecule has 1 atom stereocenters. The summed E-state index contributed by atoms with van der Waals surface area (Å²) in [5.41, 5.74) is 4.69. The Morgan fingerprint density at radius 3 is 2.24 bits per heavy atom. The van der Waals surface area contributed by atoms with E-state index in [-0.39, 0.29) is 37.4 Å². The van der Waals surface area contributed by atoms with E-state index in [1.165, 1.54) is 16.0 Å². The number of carboxylic acids is 1. The van der Waals surface area contributed by atoms with Crippen LogP contribution in [0.3, 0.4) is 0 Å². The molecule has 2 aromatic rings. The number of ether oxygens (including phenoxy) is 1. The fraction of sp³-hybridized carbons (Fsp3) is 0.423. The molecular weight excluding hydrogens is 420 g/mol. The number of carboxylic acid groups (broad SMARTS) is 1. The number of alkyl carbamates (subject to hydrolysis) is 1. The zero-order valence-corrected chi connectivity index (χ0v) is 19.3. The van der Waals surface area contributed by atoms with Crippen LogP contribution in [0.1, 0.15) is 56.6 Å². The lowest BCUT2D eigenvalue weighted by Gasteiger charge is -2.20. The average molecular weight is 453 g/mol. The zero-order valence-electron chi connectivity index (χ0n) is 19.3. The van der Waals surface area contributed by atoms with Crippen molar-refractivity contribution < 1.29 is 24.2 Å². The molecule has 7 heteroatoms. The molecule has 2 aromatic carbocycles. The molecule has 0 aliphatic heterocycles. The van der Waals surface area contributed by atoms with Gasteiger partial charge in [0.15, 0.2) is 0 Å². The highest BCUT2D eigenvalue weighted by Gasteiger charge is 2.29. The van der Waals surface area contributed by atoms with Gasteiger partial charge in [-0.25, -0.2) is 4.79 Å². The van der Waals surface area contributed by atoms with Gasteiger partial charge >= 0.3 is 12.1 Å². The number of nitrogens with one attached hydrogen (secondary N) is 1. The van der Waals surface area contributed by atoms with Crippen LogP contribution in [0.4, 0.5) is 4.79 Å². The van der Waals surface area contributed by atoms with Crippen molar-refractivity contribution in [2.24, 2.45) is 0 Å². The maximum Gasteiger partial charge on any atom is 0.407 e. The minimum absolute atomic E-state index is 0.00913. The van der Waals surface area contributed by atoms with Crippen molar-refractivity contribution >= 4 is 18.0 Å². The molecule has 33 heavy (non-hydrogen) atoms. The predicted molar refractivity (Wildman–Crippen MR) is 126 cm³/mol. The number of carbonyl (C=O) groups excluding carboxylic acids is 2. The molecule has 1 unspecified atom stereocenters. The standard InChI is InChI=1S/C26H32N2O5/c1-3-15-28(16-25(30)31)24(29)14-8-9-18(2)27-26(32)33-17-23-21-12-6-4-10-19(21)20-11-5-7-13-22(20)23/h4-7,10-13,18,23H,3,8-9,14-17H2,1-2H3,(H,27,32)(H,30,31). The van der Waals surface area contributed by atoms with E-state index < -0.39 is 12.1 Å². The van der Waals surface area contributed by atoms with Gasteiger partial charge in [0.1, 0.15) is 13.2 Å². The van der Waals surface area contributed by atoms with E-state index in [0.717, 1.165) is 11.1 Å². The topological polar surface area (TPSA) is 95.9 Å². The highest BCUT2D eigenvalue weighted by Crippen LogP contribution is 2.44. The number of nitrogens with zero attached hydrogens (tertiary/aromatic N) is 1. The first-order chi connectivity index (χ1) is 15.9. The lowest BCUT2D eigenvalue weighted by molar-refractivity contribution is -0.144. The molecule has 0 radical (unpaired) electrons. The molecular formula is C26H32N2O5. The number of hydrogen-bond acceptors (Lipinski definition) is 4. The number of benzene rings is 2. The summed E-state index contributed by atoms with van der Waals surface area (Å²) in [7, 11) is 0. The first kappa shape index (κ1) is 24.3. The quantitative estimate of drug-likeness (QED) is 0.527. The molecule has 0 spiro atoms. The fourth-order valence-electron chi connectivity index (χ4n) is 4.36. The molecule has 0 fully saturated rings. The normalized spacial score (nSPS) is 13.0. The van der Waals surface area contributed by atoms with Crippen molar-refractivity contribution in [2.75, 3.05) is 19.7 Å². The number of hydrogen-bond donors (Lipinski definition) is 2. The number of amides is 2. The van der Waals surface area contributed by atoms with E-state index in [1.54, 1.807) is 0 Å². The summed E-state index contributed by atoms with van der Waals surface area (Å²) in [6, 6.07) is 16.2. The first-order valence-corrected chi connectivity index (χ1v) is 11.5. The molecule has 2 amide bonds. The van der Waals surface area contributed by atoms with E-state index in [1.807, 2.05) is 38.1 Å². The molecule has 1 aliphatic carbocycles. The molecule has 3 rings (SSSR count). The van der Waals surface area contributed by atoms with Crippen LogP contribution in [-0.4, -0.2) is 53.7 Å². The highest BCUT2D eigenvalue weighted by atomic mass is 16.5. The minimum atomic E-state index is -1.01. The summed E-state index contributed by atoms with van der Waals surface area (Å²) in [6.07, 6.45) is 1.64. The fourth-order valence-corrected chi connectivity index (χ4v) is 4.36. The molecule has 0 saturated carbocycles. The van der Waals surface area contributed by atoms with E-state index in [2.05, 4.69) is 29.6 Å². The van der Waals surface area contributed by atoms with Gasteiger partial charge in [0.05, 0.1) is 0 Å². The van der Waals surface area contributed by atoms with Gasteiger partial charge in [-0.2, -0.15) is 0 Å². The molecule has 176 valence electrons. The van der Waals surface area contributed by atoms with E-state index in [0.29, 0.717) is 25.8 Å². The first-order valence-electron chi connectivity index (χ1n) is 11.5. The Bertz CT molecular complexity index is 945. The summed E-state index contributed by atoms with van der Waals surface area (Å²) in [5, 5.41) is 11.8. The monoisotopic (exact) mass is 452 g/mol. The second-order valence-electron chi connectivity index (χ2n) is 8.47. The third-order valence-corrected chi connectivity index (χ3v) is 5.91. The molecule has 2 N–H and O–H groups in total. The van der Waals surface area contributed by atoms with Crippen LogP contribution >= 0.6 is 0 Å². The number of aliphatic carboxylic acids is 1. The summed E-state index contributed by atoms with van der Waals surface area (Å²) < 4.78 is 5.56. The van der Waals surface area contributed by atoms with Crippen LogP contribution in [0.25, 0.3) is 11.1 Å². The van der Waals surface area contributed by atoms with Gasteiger partial charge in [-0.05, 0) is 48.4 Å². The Labute approximate surface area is 194 Å². The van der Waals surface area contributed by atoms with Crippen LogP contribution in [0.15, 0.2) is 48.5 Å². The van der Waals surface area contributed by atoms with Gasteiger partial charge in [0.25, 0.3) is 0 Å². The Kier molecular flexibility index (Phi) is 8.46. The number of fused-ring (bicyclic) bond motifs is 3. The van der Waals surface area contributed by atoms with Gasteiger partial charge in [-0.15, -0.1) is 0 Å². The third kappa shape index (κ3) is 6.34. The van der Waals surface area contributed by atoms with Gasteiger partial charge in [-0.3, -0.25) is 9.59 Å². The Hall–Kier alpha value is -3.35. The Morgan fingerprint density at radius 1 is 1.06 bits per heavy atom. The number of rotatable bonds is 11. The lowest BCUT2D eigenvalue weighted by atomic mass is 9.98. The van der Waals surface area contributed by atoms with Crippen LogP contribution in [0, 0.1) is 0 Å². The lowest BCUT2D eigenvalue weighted by Crippen LogP contribution is -2.37. The SMILES string of the molecule is CCCN(CC(=O)O)C(=O)CCCC(C)NC(=O)OCC1c2ccccc2-c2ccccc21. The molecule has 7 nitrogen and oxygen atoms in total. The van der Waals surface area contributed by atoms with Crippen LogP contribution in [0.2, 0.25) is 0 Å². The second kappa shape index (κ2) is 11.5. The summed E-state index contributed by atoms with van der Waals surface area (Å²) >= 11 is 0. The van der Waals surface area contributed by atoms with E-state index >= 15 is 0 Å². The van der Waals surface area contributed by atoms with Crippen molar-refractivity contribution in [1.29, 1.82) is 0 Å². The molecule has 0 bridgehead atoms. The molecule has 0 aromatic heterocycles. The summed E-state index contributed by atoms with van der Waals surface area (Å²) in [5.74, 6) is -1.18. The summed E-state index contributed by atoms with van der Waals surface area (Å²) in [6.45, 7) is 4.18. The van der Waals surface area contributed by atoms with E-state index in [9.17, 15) is 14.4 Å². The molecule has 1 aliphatic rings. The maximum atomic E-state index is 12.4. The van der Waals surface area contributed by atoms with Crippen LogP contribution < -0.4 is 5.32 Å². The van der Waals surface area contributed by atoms with Crippen molar-refractivity contribution in [3.05, 3.63) is 59.7 Å². The third-order valence-electron chi connectivity index (χ3n) is 5.91. The zero-order chi connectivity index (χ0) is 23.8. The highest BCUT2D eigenvalue weighted by molar-refractivity contribution is 5.81. The van der Waals surface area contributed by atoms with Gasteiger partial charge in [0, 0.05) is 24.9 Å². The van der Waals surface area contributed by atoms with Crippen molar-refractivity contribution in [1.82, 2.24) is 10.2 Å². The van der Waals surface area contributed by atoms with Gasteiger partial charge in [-0.1, -0.05) is 55.5 Å². The summed E-state index contributed by atoms with van der Waals surface area (Å²) in [4.78, 5) is 36.9.